The first-order chi connectivity index (χ1) is 13.4. The number of nitrogens with zero attached hydrogens (tertiary/aromatic N) is 1. The second-order valence-electron chi connectivity index (χ2n) is 7.65. The molecule has 2 aromatic rings. The van der Waals surface area contributed by atoms with Gasteiger partial charge in [0.2, 0.25) is 11.8 Å². The molecule has 0 saturated carbocycles. The average molecular weight is 380 g/mol. The molecule has 0 spiro atoms. The van der Waals surface area contributed by atoms with E-state index in [0.29, 0.717) is 0 Å². The lowest BCUT2D eigenvalue weighted by molar-refractivity contribution is -0.123. The Balaban J connectivity index is 1.51. The summed E-state index contributed by atoms with van der Waals surface area (Å²) in [4.78, 5) is 27.3. The number of rotatable bonds is 5. The smallest absolute Gasteiger partial charge is 0.241 e. The van der Waals surface area contributed by atoms with Crippen LogP contribution in [-0.4, -0.2) is 35.8 Å². The summed E-state index contributed by atoms with van der Waals surface area (Å²) in [6, 6.07) is 15.3. The van der Waals surface area contributed by atoms with Crippen molar-refractivity contribution in [1.82, 2.24) is 4.90 Å². The van der Waals surface area contributed by atoms with Crippen LogP contribution in [0, 0.1) is 19.8 Å². The highest BCUT2D eigenvalue weighted by Gasteiger charge is 2.30. The van der Waals surface area contributed by atoms with Gasteiger partial charge in [-0.3, -0.25) is 14.5 Å². The molecule has 0 aromatic heterocycles. The minimum Gasteiger partial charge on any atom is -0.326 e. The van der Waals surface area contributed by atoms with Gasteiger partial charge in [-0.05, 0) is 70.5 Å². The van der Waals surface area contributed by atoms with Crippen molar-refractivity contribution in [2.24, 2.45) is 5.92 Å². The lowest BCUT2D eigenvalue weighted by Crippen LogP contribution is -2.47. The summed E-state index contributed by atoms with van der Waals surface area (Å²) >= 11 is 0. The van der Waals surface area contributed by atoms with Gasteiger partial charge in [0.25, 0.3) is 0 Å². The van der Waals surface area contributed by atoms with Gasteiger partial charge in [0.05, 0.1) is 6.04 Å². The van der Waals surface area contributed by atoms with Crippen LogP contribution in [0.5, 0.6) is 0 Å². The predicted octanol–water partition coefficient (Wildman–Crippen LogP) is 3.98. The number of carbonyl (C=O) groups is 2. The zero-order valence-corrected chi connectivity index (χ0v) is 16.9. The van der Waals surface area contributed by atoms with Gasteiger partial charge in [0.15, 0.2) is 0 Å². The van der Waals surface area contributed by atoms with Crippen LogP contribution in [0.2, 0.25) is 0 Å². The summed E-state index contributed by atoms with van der Waals surface area (Å²) in [5, 5.41) is 6.03. The highest BCUT2D eigenvalue weighted by Crippen LogP contribution is 2.22. The lowest BCUT2D eigenvalue weighted by atomic mass is 9.94. The zero-order valence-electron chi connectivity index (χ0n) is 16.9. The third-order valence-corrected chi connectivity index (χ3v) is 5.51. The fourth-order valence-corrected chi connectivity index (χ4v) is 3.67. The highest BCUT2D eigenvalue weighted by atomic mass is 16.2. The number of amides is 2. The van der Waals surface area contributed by atoms with E-state index in [0.717, 1.165) is 42.9 Å². The van der Waals surface area contributed by atoms with Crippen molar-refractivity contribution in [2.45, 2.75) is 39.7 Å². The molecule has 1 aliphatic heterocycles. The molecule has 1 heterocycles. The van der Waals surface area contributed by atoms with Crippen LogP contribution in [0.4, 0.5) is 11.4 Å². The first-order valence-electron chi connectivity index (χ1n) is 9.92. The molecule has 3 rings (SSSR count). The van der Waals surface area contributed by atoms with Crippen molar-refractivity contribution in [2.75, 3.05) is 23.7 Å². The molecule has 0 aliphatic carbocycles. The molecule has 1 atom stereocenters. The molecule has 5 heteroatoms. The Bertz CT molecular complexity index is 827. The lowest BCUT2D eigenvalue weighted by Gasteiger charge is -2.34. The molecule has 28 heavy (non-hydrogen) atoms. The van der Waals surface area contributed by atoms with Crippen molar-refractivity contribution in [3.05, 3.63) is 59.7 Å². The zero-order chi connectivity index (χ0) is 20.1. The minimum atomic E-state index is -0.223. The van der Waals surface area contributed by atoms with Crippen LogP contribution in [-0.2, 0) is 9.59 Å². The maximum Gasteiger partial charge on any atom is 0.241 e. The van der Waals surface area contributed by atoms with E-state index in [1.54, 1.807) is 0 Å². The summed E-state index contributed by atoms with van der Waals surface area (Å²) < 4.78 is 0. The van der Waals surface area contributed by atoms with Gasteiger partial charge in [-0.2, -0.15) is 0 Å². The van der Waals surface area contributed by atoms with Gasteiger partial charge in [-0.25, -0.2) is 0 Å². The summed E-state index contributed by atoms with van der Waals surface area (Å²) in [6.45, 7) is 7.47. The van der Waals surface area contributed by atoms with E-state index in [1.807, 2.05) is 63.2 Å². The molecule has 2 N–H and O–H groups in total. The van der Waals surface area contributed by atoms with Crippen molar-refractivity contribution < 1.29 is 9.59 Å². The van der Waals surface area contributed by atoms with Crippen molar-refractivity contribution >= 4 is 23.2 Å². The summed E-state index contributed by atoms with van der Waals surface area (Å²) in [5.41, 5.74) is 3.94. The Morgan fingerprint density at radius 3 is 2.32 bits per heavy atom. The molecule has 5 nitrogen and oxygen atoms in total. The highest BCUT2D eigenvalue weighted by molar-refractivity contribution is 5.95. The Morgan fingerprint density at radius 1 is 1.00 bits per heavy atom. The number of hydrogen-bond donors (Lipinski definition) is 2. The molecule has 1 unspecified atom stereocenters. The third kappa shape index (κ3) is 4.98. The number of piperidine rings is 1. The van der Waals surface area contributed by atoms with Crippen molar-refractivity contribution in [1.29, 1.82) is 0 Å². The standard InChI is InChI=1S/C23H29N3O2/c1-16-9-10-21(17(2)15-16)25-22(27)18(3)26-13-11-19(12-14-26)23(28)24-20-7-5-4-6-8-20/h4-10,15,18-19H,11-14H2,1-3H3,(H,24,28)(H,25,27). The maximum absolute atomic E-state index is 12.7. The third-order valence-electron chi connectivity index (χ3n) is 5.51. The topological polar surface area (TPSA) is 61.4 Å². The number of para-hydroxylation sites is 1. The van der Waals surface area contributed by atoms with Crippen LogP contribution in [0.15, 0.2) is 48.5 Å². The molecule has 2 amide bonds. The number of hydrogen-bond acceptors (Lipinski definition) is 3. The predicted molar refractivity (Wildman–Crippen MR) is 113 cm³/mol. The molecule has 1 fully saturated rings. The molecular weight excluding hydrogens is 350 g/mol. The number of nitrogens with one attached hydrogen (secondary N) is 2. The average Bonchev–Trinajstić information content (AvgIpc) is 2.70. The number of carbonyl (C=O) groups excluding carboxylic acids is 2. The Kier molecular flexibility index (Phi) is 6.47. The van der Waals surface area contributed by atoms with Gasteiger partial charge >= 0.3 is 0 Å². The van der Waals surface area contributed by atoms with E-state index in [4.69, 9.17) is 0 Å². The molecule has 148 valence electrons. The number of anilines is 2. The first-order valence-corrected chi connectivity index (χ1v) is 9.92. The number of likely N-dealkylation sites (tertiary alicyclic amines) is 1. The van der Waals surface area contributed by atoms with Crippen LogP contribution in [0.25, 0.3) is 0 Å². The molecule has 1 saturated heterocycles. The Morgan fingerprint density at radius 2 is 1.68 bits per heavy atom. The van der Waals surface area contributed by atoms with Crippen LogP contribution >= 0.6 is 0 Å². The van der Waals surface area contributed by atoms with Gasteiger partial charge in [0, 0.05) is 17.3 Å². The second kappa shape index (κ2) is 9.02. The molecule has 1 aliphatic rings. The molecule has 0 radical (unpaired) electrons. The fourth-order valence-electron chi connectivity index (χ4n) is 3.67. The van der Waals surface area contributed by atoms with Crippen LogP contribution in [0.1, 0.15) is 30.9 Å². The van der Waals surface area contributed by atoms with E-state index < -0.39 is 0 Å². The van der Waals surface area contributed by atoms with Crippen LogP contribution in [0.3, 0.4) is 0 Å². The second-order valence-corrected chi connectivity index (χ2v) is 7.65. The summed E-state index contributed by atoms with van der Waals surface area (Å²) in [5.74, 6) is 0.0587. The monoisotopic (exact) mass is 379 g/mol. The normalized spacial score (nSPS) is 16.4. The van der Waals surface area contributed by atoms with E-state index in [-0.39, 0.29) is 23.8 Å². The number of benzene rings is 2. The number of aryl methyl sites for hydroxylation is 2. The van der Waals surface area contributed by atoms with E-state index in [1.165, 1.54) is 5.56 Å². The fraction of sp³-hybridized carbons (Fsp3) is 0.391. The van der Waals surface area contributed by atoms with Crippen molar-refractivity contribution in [3.63, 3.8) is 0 Å². The van der Waals surface area contributed by atoms with Crippen molar-refractivity contribution in [3.8, 4) is 0 Å². The van der Waals surface area contributed by atoms with E-state index in [2.05, 4.69) is 21.6 Å². The van der Waals surface area contributed by atoms with Gasteiger partial charge in [0.1, 0.15) is 0 Å². The van der Waals surface area contributed by atoms with Gasteiger partial charge < -0.3 is 10.6 Å². The quantitative estimate of drug-likeness (QED) is 0.826. The van der Waals surface area contributed by atoms with E-state index >= 15 is 0 Å². The van der Waals surface area contributed by atoms with Crippen LogP contribution < -0.4 is 10.6 Å². The SMILES string of the molecule is Cc1ccc(NC(=O)C(C)N2CCC(C(=O)Nc3ccccc3)CC2)c(C)c1. The molecular formula is C23H29N3O2. The summed E-state index contributed by atoms with van der Waals surface area (Å²) in [7, 11) is 0. The molecule has 0 bridgehead atoms. The Labute approximate surface area is 167 Å². The first kappa shape index (κ1) is 20.1. The molecule has 2 aromatic carbocycles. The largest absolute Gasteiger partial charge is 0.326 e. The van der Waals surface area contributed by atoms with Gasteiger partial charge in [-0.15, -0.1) is 0 Å². The summed E-state index contributed by atoms with van der Waals surface area (Å²) in [6.07, 6.45) is 1.53. The Hall–Kier alpha value is -2.66. The van der Waals surface area contributed by atoms with Gasteiger partial charge in [-0.1, -0.05) is 35.9 Å². The maximum atomic E-state index is 12.7. The minimum absolute atomic E-state index is 0.000796. The van der Waals surface area contributed by atoms with E-state index in [9.17, 15) is 9.59 Å².